The molecule has 0 aliphatic rings. The van der Waals surface area contributed by atoms with Crippen LogP contribution in [0.3, 0.4) is 0 Å². The highest BCUT2D eigenvalue weighted by Crippen LogP contribution is 2.28. The van der Waals surface area contributed by atoms with Gasteiger partial charge in [-0.15, -0.1) is 11.3 Å². The van der Waals surface area contributed by atoms with E-state index in [0.717, 1.165) is 17.5 Å². The molecular weight excluding hydrogens is 206 g/mol. The van der Waals surface area contributed by atoms with Crippen LogP contribution in [0.4, 0.5) is 0 Å². The van der Waals surface area contributed by atoms with Gasteiger partial charge in [0.15, 0.2) is 0 Å². The fourth-order valence-electron chi connectivity index (χ4n) is 1.67. The monoisotopic (exact) mass is 221 g/mol. The number of aliphatic hydroxyl groups is 1. The highest BCUT2D eigenvalue weighted by Gasteiger charge is 2.05. The van der Waals surface area contributed by atoms with Gasteiger partial charge in [0.05, 0.1) is 12.3 Å². The van der Waals surface area contributed by atoms with E-state index in [1.54, 1.807) is 6.20 Å². The normalized spacial score (nSPS) is 11.1. The van der Waals surface area contributed by atoms with E-state index in [9.17, 15) is 0 Å². The maximum atomic E-state index is 9.16. The number of hydrogen-bond acceptors (Lipinski definition) is 3. The van der Waals surface area contributed by atoms with Crippen LogP contribution >= 0.6 is 11.3 Å². The molecule has 3 heteroatoms. The van der Waals surface area contributed by atoms with Crippen LogP contribution in [0, 0.1) is 0 Å². The predicted molar refractivity (Wildman–Crippen MR) is 64.2 cm³/mol. The Hall–Kier alpha value is -0.930. The zero-order valence-corrected chi connectivity index (χ0v) is 9.68. The summed E-state index contributed by atoms with van der Waals surface area (Å²) in [6.07, 6.45) is 5.36. The van der Waals surface area contributed by atoms with E-state index in [1.165, 1.54) is 22.4 Å². The first-order chi connectivity index (χ1) is 7.35. The van der Waals surface area contributed by atoms with E-state index < -0.39 is 0 Å². The summed E-state index contributed by atoms with van der Waals surface area (Å²) in [5.41, 5.74) is 0.798. The Kier molecular flexibility index (Phi) is 3.34. The van der Waals surface area contributed by atoms with Gasteiger partial charge >= 0.3 is 0 Å². The number of unbranched alkanes of at least 4 members (excludes halogenated alkanes) is 1. The summed E-state index contributed by atoms with van der Waals surface area (Å²) in [6.45, 7) is 2.23. The fourth-order valence-corrected chi connectivity index (χ4v) is 2.79. The topological polar surface area (TPSA) is 33.1 Å². The van der Waals surface area contributed by atoms with Crippen LogP contribution in [0.1, 0.15) is 30.3 Å². The minimum Gasteiger partial charge on any atom is -0.390 e. The number of pyridine rings is 1. The molecule has 15 heavy (non-hydrogen) atoms. The molecule has 0 saturated heterocycles. The number of rotatable bonds is 4. The van der Waals surface area contributed by atoms with Crippen molar-refractivity contribution >= 4 is 21.4 Å². The van der Waals surface area contributed by atoms with Gasteiger partial charge in [-0.25, -0.2) is 0 Å². The minimum atomic E-state index is 0.0291. The van der Waals surface area contributed by atoms with E-state index in [0.29, 0.717) is 0 Å². The zero-order chi connectivity index (χ0) is 10.7. The van der Waals surface area contributed by atoms with Crippen molar-refractivity contribution in [2.45, 2.75) is 32.8 Å². The average Bonchev–Trinajstić information content (AvgIpc) is 2.68. The number of hydrogen-bond donors (Lipinski definition) is 1. The van der Waals surface area contributed by atoms with Crippen molar-refractivity contribution in [2.75, 3.05) is 0 Å². The quantitative estimate of drug-likeness (QED) is 0.860. The Labute approximate surface area is 93.6 Å². The zero-order valence-electron chi connectivity index (χ0n) is 8.86. The molecule has 2 nitrogen and oxygen atoms in total. The molecule has 0 atom stereocenters. The molecule has 0 unspecified atom stereocenters. The molecule has 2 aromatic heterocycles. The number of aromatic nitrogens is 1. The van der Waals surface area contributed by atoms with Gasteiger partial charge in [0, 0.05) is 21.2 Å². The van der Waals surface area contributed by atoms with Gasteiger partial charge in [-0.1, -0.05) is 13.3 Å². The molecule has 0 amide bonds. The summed E-state index contributed by atoms with van der Waals surface area (Å²) in [4.78, 5) is 5.57. The van der Waals surface area contributed by atoms with Crippen molar-refractivity contribution in [1.82, 2.24) is 4.98 Å². The second-order valence-electron chi connectivity index (χ2n) is 3.64. The van der Waals surface area contributed by atoms with E-state index in [4.69, 9.17) is 5.11 Å². The third kappa shape index (κ3) is 2.19. The standard InChI is InChI=1S/C12H15NOS/c1-2-3-4-9-7-10-11(8-14)13-6-5-12(10)15-9/h5-7,14H,2-4,8H2,1H3. The smallest absolute Gasteiger partial charge is 0.0859 e. The fraction of sp³-hybridized carbons (Fsp3) is 0.417. The molecule has 80 valence electrons. The molecule has 0 aromatic carbocycles. The van der Waals surface area contributed by atoms with Crippen LogP contribution in [0.5, 0.6) is 0 Å². The van der Waals surface area contributed by atoms with Gasteiger partial charge in [-0.3, -0.25) is 4.98 Å². The van der Waals surface area contributed by atoms with Crippen molar-refractivity contribution in [2.24, 2.45) is 0 Å². The lowest BCUT2D eigenvalue weighted by Gasteiger charge is -1.95. The summed E-state index contributed by atoms with van der Waals surface area (Å²) in [6, 6.07) is 4.20. The number of nitrogens with zero attached hydrogens (tertiary/aromatic N) is 1. The molecule has 0 aliphatic heterocycles. The van der Waals surface area contributed by atoms with Crippen molar-refractivity contribution in [1.29, 1.82) is 0 Å². The van der Waals surface area contributed by atoms with Gasteiger partial charge < -0.3 is 5.11 Å². The Morgan fingerprint density at radius 2 is 2.33 bits per heavy atom. The summed E-state index contributed by atoms with van der Waals surface area (Å²) >= 11 is 1.82. The largest absolute Gasteiger partial charge is 0.390 e. The molecular formula is C12H15NOS. The van der Waals surface area contributed by atoms with E-state index in [1.807, 2.05) is 17.4 Å². The van der Waals surface area contributed by atoms with E-state index in [2.05, 4.69) is 18.0 Å². The second kappa shape index (κ2) is 4.73. The first-order valence-electron chi connectivity index (χ1n) is 5.32. The van der Waals surface area contributed by atoms with Gasteiger partial charge in [0.2, 0.25) is 0 Å². The highest BCUT2D eigenvalue weighted by molar-refractivity contribution is 7.19. The number of thiophene rings is 1. The molecule has 1 N–H and O–H groups in total. The van der Waals surface area contributed by atoms with Crippen molar-refractivity contribution in [3.63, 3.8) is 0 Å². The molecule has 2 aromatic rings. The molecule has 0 spiro atoms. The van der Waals surface area contributed by atoms with Gasteiger partial charge in [0.1, 0.15) is 0 Å². The number of aliphatic hydroxyl groups excluding tert-OH is 1. The van der Waals surface area contributed by atoms with Crippen LogP contribution in [-0.2, 0) is 13.0 Å². The summed E-state index contributed by atoms with van der Waals surface area (Å²) in [5.74, 6) is 0. The lowest BCUT2D eigenvalue weighted by atomic mass is 10.2. The first-order valence-corrected chi connectivity index (χ1v) is 6.14. The van der Waals surface area contributed by atoms with Gasteiger partial charge in [-0.2, -0.15) is 0 Å². The van der Waals surface area contributed by atoms with Crippen molar-refractivity contribution < 1.29 is 5.11 Å². The van der Waals surface area contributed by atoms with Crippen LogP contribution in [0.2, 0.25) is 0 Å². The maximum absolute atomic E-state index is 9.16. The molecule has 2 rings (SSSR count). The second-order valence-corrected chi connectivity index (χ2v) is 4.81. The Morgan fingerprint density at radius 3 is 3.07 bits per heavy atom. The van der Waals surface area contributed by atoms with Crippen LogP contribution in [0.25, 0.3) is 10.1 Å². The summed E-state index contributed by atoms with van der Waals surface area (Å²) in [5, 5.41) is 10.3. The Morgan fingerprint density at radius 1 is 1.47 bits per heavy atom. The van der Waals surface area contributed by atoms with E-state index >= 15 is 0 Å². The van der Waals surface area contributed by atoms with Crippen LogP contribution in [0.15, 0.2) is 18.3 Å². The minimum absolute atomic E-state index is 0.0291. The molecule has 0 bridgehead atoms. The number of aryl methyl sites for hydroxylation is 1. The maximum Gasteiger partial charge on any atom is 0.0859 e. The van der Waals surface area contributed by atoms with E-state index in [-0.39, 0.29) is 6.61 Å². The van der Waals surface area contributed by atoms with Crippen molar-refractivity contribution in [3.8, 4) is 0 Å². The lowest BCUT2D eigenvalue weighted by molar-refractivity contribution is 0.278. The summed E-state index contributed by atoms with van der Waals surface area (Å²) < 4.78 is 1.24. The molecule has 0 saturated carbocycles. The third-order valence-electron chi connectivity index (χ3n) is 2.51. The van der Waals surface area contributed by atoms with Crippen molar-refractivity contribution in [3.05, 3.63) is 28.9 Å². The molecule has 0 aliphatic carbocycles. The lowest BCUT2D eigenvalue weighted by Crippen LogP contribution is -1.87. The first kappa shape index (κ1) is 10.6. The van der Waals surface area contributed by atoms with Gasteiger partial charge in [0.25, 0.3) is 0 Å². The number of fused-ring (bicyclic) bond motifs is 1. The summed E-state index contributed by atoms with van der Waals surface area (Å²) in [7, 11) is 0. The third-order valence-corrected chi connectivity index (χ3v) is 3.67. The Bertz CT molecular complexity index is 450. The SMILES string of the molecule is CCCCc1cc2c(CO)nccc2s1. The highest BCUT2D eigenvalue weighted by atomic mass is 32.1. The van der Waals surface area contributed by atoms with Gasteiger partial charge in [-0.05, 0) is 25.0 Å². The molecule has 0 radical (unpaired) electrons. The van der Waals surface area contributed by atoms with Crippen LogP contribution in [-0.4, -0.2) is 10.1 Å². The molecule has 2 heterocycles. The predicted octanol–water partition coefficient (Wildman–Crippen LogP) is 3.13. The molecule has 0 fully saturated rings. The van der Waals surface area contributed by atoms with Crippen LogP contribution < -0.4 is 0 Å². The average molecular weight is 221 g/mol. The Balaban J connectivity index is 2.37.